The summed E-state index contributed by atoms with van der Waals surface area (Å²) in [6.07, 6.45) is 1.72. The Morgan fingerprint density at radius 1 is 1.38 bits per heavy atom. The van der Waals surface area contributed by atoms with E-state index >= 15 is 0 Å². The summed E-state index contributed by atoms with van der Waals surface area (Å²) >= 11 is 0. The summed E-state index contributed by atoms with van der Waals surface area (Å²) in [4.78, 5) is 13.5. The number of likely N-dealkylation sites (tertiary alicyclic amines) is 1. The molecule has 1 fully saturated rings. The van der Waals surface area contributed by atoms with E-state index in [4.69, 9.17) is 4.74 Å². The second-order valence-corrected chi connectivity index (χ2v) is 5.01. The number of likely N-dealkylation sites (N-methyl/N-ethyl adjacent to an activating group) is 1. The van der Waals surface area contributed by atoms with Crippen LogP contribution in [0, 0.1) is 5.82 Å². The number of hydrogen-bond donors (Lipinski definition) is 1. The molecule has 1 heterocycles. The first kappa shape index (κ1) is 17.9. The van der Waals surface area contributed by atoms with Crippen LogP contribution in [0.15, 0.2) is 24.3 Å². The number of halogens is 2. The van der Waals surface area contributed by atoms with Crippen molar-refractivity contribution in [2.24, 2.45) is 0 Å². The Kier molecular flexibility index (Phi) is 7.64. The van der Waals surface area contributed by atoms with Crippen LogP contribution in [0.4, 0.5) is 4.39 Å². The Bertz CT molecular complexity index is 451. The number of hydrogen-bond acceptors (Lipinski definition) is 3. The van der Waals surface area contributed by atoms with E-state index < -0.39 is 0 Å². The highest BCUT2D eigenvalue weighted by Crippen LogP contribution is 2.16. The molecule has 2 rings (SSSR count). The molecule has 118 valence electrons. The van der Waals surface area contributed by atoms with Crippen molar-refractivity contribution in [2.45, 2.75) is 25.6 Å². The second-order valence-electron chi connectivity index (χ2n) is 5.01. The molecule has 0 atom stereocenters. The number of amides is 1. The van der Waals surface area contributed by atoms with Crippen LogP contribution in [0.3, 0.4) is 0 Å². The minimum absolute atomic E-state index is 0. The van der Waals surface area contributed by atoms with Crippen molar-refractivity contribution in [2.75, 3.05) is 26.7 Å². The third-order valence-corrected chi connectivity index (χ3v) is 3.56. The lowest BCUT2D eigenvalue weighted by Gasteiger charge is -2.32. The molecule has 0 aromatic heterocycles. The highest BCUT2D eigenvalue weighted by molar-refractivity contribution is 5.85. The predicted molar refractivity (Wildman–Crippen MR) is 82.0 cm³/mol. The highest BCUT2D eigenvalue weighted by Gasteiger charge is 2.22. The average molecular weight is 317 g/mol. The first-order valence-electron chi connectivity index (χ1n) is 6.98. The molecule has 0 radical (unpaired) electrons. The summed E-state index contributed by atoms with van der Waals surface area (Å²) < 4.78 is 19.2. The fourth-order valence-corrected chi connectivity index (χ4v) is 2.36. The predicted octanol–water partition coefficient (Wildman–Crippen LogP) is 1.97. The Labute approximate surface area is 131 Å². The van der Waals surface area contributed by atoms with E-state index in [1.54, 1.807) is 25.2 Å². The van der Waals surface area contributed by atoms with Gasteiger partial charge in [-0.15, -0.1) is 12.4 Å². The SMILES string of the molecule is CNCC(=O)N1CCC(OCc2ccccc2F)CC1.Cl. The van der Waals surface area contributed by atoms with Crippen LogP contribution < -0.4 is 5.32 Å². The molecule has 1 aromatic rings. The Morgan fingerprint density at radius 3 is 2.67 bits per heavy atom. The first-order chi connectivity index (χ1) is 9.70. The van der Waals surface area contributed by atoms with E-state index in [0.717, 1.165) is 12.8 Å². The number of carbonyl (C=O) groups excluding carboxylic acids is 1. The quantitative estimate of drug-likeness (QED) is 0.903. The van der Waals surface area contributed by atoms with Gasteiger partial charge in [-0.2, -0.15) is 0 Å². The van der Waals surface area contributed by atoms with E-state index in [1.807, 2.05) is 4.90 Å². The molecular weight excluding hydrogens is 295 g/mol. The maximum absolute atomic E-state index is 13.5. The molecule has 1 aromatic carbocycles. The summed E-state index contributed by atoms with van der Waals surface area (Å²) in [5.74, 6) is -0.103. The maximum atomic E-state index is 13.5. The molecule has 0 bridgehead atoms. The summed E-state index contributed by atoms with van der Waals surface area (Å²) in [7, 11) is 1.77. The van der Waals surface area contributed by atoms with Gasteiger partial charge in [0.1, 0.15) is 5.82 Å². The number of benzene rings is 1. The number of nitrogens with one attached hydrogen (secondary N) is 1. The topological polar surface area (TPSA) is 41.6 Å². The fourth-order valence-electron chi connectivity index (χ4n) is 2.36. The molecule has 0 saturated carbocycles. The standard InChI is InChI=1S/C15H21FN2O2.ClH/c1-17-10-15(19)18-8-6-13(7-9-18)20-11-12-4-2-3-5-14(12)16;/h2-5,13,17H,6-11H2,1H3;1H. The van der Waals surface area contributed by atoms with Crippen LogP contribution in [0.25, 0.3) is 0 Å². The molecular formula is C15H22ClFN2O2. The van der Waals surface area contributed by atoms with E-state index in [2.05, 4.69) is 5.32 Å². The molecule has 0 unspecified atom stereocenters. The van der Waals surface area contributed by atoms with Gasteiger partial charge in [-0.3, -0.25) is 4.79 Å². The highest BCUT2D eigenvalue weighted by atomic mass is 35.5. The zero-order chi connectivity index (χ0) is 14.4. The lowest BCUT2D eigenvalue weighted by molar-refractivity contribution is -0.132. The summed E-state index contributed by atoms with van der Waals surface area (Å²) in [6.45, 7) is 2.09. The fraction of sp³-hybridized carbons (Fsp3) is 0.533. The van der Waals surface area contributed by atoms with Crippen LogP contribution in [0.2, 0.25) is 0 Å². The first-order valence-corrected chi connectivity index (χ1v) is 6.98. The van der Waals surface area contributed by atoms with Crippen LogP contribution >= 0.6 is 12.4 Å². The normalized spacial score (nSPS) is 15.6. The van der Waals surface area contributed by atoms with Crippen molar-refractivity contribution >= 4 is 18.3 Å². The van der Waals surface area contributed by atoms with Crippen molar-refractivity contribution in [1.29, 1.82) is 0 Å². The lowest BCUT2D eigenvalue weighted by Crippen LogP contribution is -2.44. The van der Waals surface area contributed by atoms with E-state index in [1.165, 1.54) is 6.07 Å². The van der Waals surface area contributed by atoms with Crippen LogP contribution in [0.1, 0.15) is 18.4 Å². The van der Waals surface area contributed by atoms with Gasteiger partial charge >= 0.3 is 0 Å². The van der Waals surface area contributed by atoms with Crippen molar-refractivity contribution in [3.63, 3.8) is 0 Å². The van der Waals surface area contributed by atoms with Crippen LogP contribution in [-0.2, 0) is 16.1 Å². The van der Waals surface area contributed by atoms with Gasteiger partial charge in [0.25, 0.3) is 0 Å². The molecule has 0 aliphatic carbocycles. The van der Waals surface area contributed by atoms with Crippen molar-refractivity contribution in [3.05, 3.63) is 35.6 Å². The van der Waals surface area contributed by atoms with Gasteiger partial charge in [-0.25, -0.2) is 4.39 Å². The summed E-state index contributed by atoms with van der Waals surface area (Å²) in [6, 6.07) is 6.66. The van der Waals surface area contributed by atoms with E-state index in [-0.39, 0.29) is 30.2 Å². The Balaban J connectivity index is 0.00000220. The third kappa shape index (κ3) is 5.26. The van der Waals surface area contributed by atoms with E-state index in [0.29, 0.717) is 31.8 Å². The van der Waals surface area contributed by atoms with Gasteiger partial charge in [0.15, 0.2) is 0 Å². The molecule has 1 amide bonds. The minimum atomic E-state index is -0.228. The average Bonchev–Trinajstić information content (AvgIpc) is 2.47. The zero-order valence-electron chi connectivity index (χ0n) is 12.2. The molecule has 1 N–H and O–H groups in total. The number of ether oxygens (including phenoxy) is 1. The van der Waals surface area contributed by atoms with Crippen molar-refractivity contribution in [3.8, 4) is 0 Å². The minimum Gasteiger partial charge on any atom is -0.373 e. The number of piperidine rings is 1. The van der Waals surface area contributed by atoms with Crippen LogP contribution in [-0.4, -0.2) is 43.6 Å². The molecule has 0 spiro atoms. The largest absolute Gasteiger partial charge is 0.373 e. The van der Waals surface area contributed by atoms with Crippen molar-refractivity contribution < 1.29 is 13.9 Å². The number of carbonyl (C=O) groups is 1. The third-order valence-electron chi connectivity index (χ3n) is 3.56. The molecule has 1 aliphatic heterocycles. The number of nitrogens with zero attached hydrogens (tertiary/aromatic N) is 1. The van der Waals surface area contributed by atoms with Gasteiger partial charge in [0.05, 0.1) is 19.3 Å². The number of rotatable bonds is 5. The Hall–Kier alpha value is -1.17. The molecule has 1 saturated heterocycles. The van der Waals surface area contributed by atoms with Gasteiger partial charge in [0, 0.05) is 18.7 Å². The van der Waals surface area contributed by atoms with Gasteiger partial charge in [-0.1, -0.05) is 18.2 Å². The molecule has 1 aliphatic rings. The van der Waals surface area contributed by atoms with Crippen LogP contribution in [0.5, 0.6) is 0 Å². The summed E-state index contributed by atoms with van der Waals surface area (Å²) in [5, 5.41) is 2.86. The Morgan fingerprint density at radius 2 is 2.05 bits per heavy atom. The second kappa shape index (κ2) is 8.97. The summed E-state index contributed by atoms with van der Waals surface area (Å²) in [5.41, 5.74) is 0.584. The monoisotopic (exact) mass is 316 g/mol. The lowest BCUT2D eigenvalue weighted by atomic mass is 10.1. The molecule has 6 heteroatoms. The molecule has 21 heavy (non-hydrogen) atoms. The van der Waals surface area contributed by atoms with E-state index in [9.17, 15) is 9.18 Å². The van der Waals surface area contributed by atoms with Gasteiger partial charge in [-0.05, 0) is 26.0 Å². The van der Waals surface area contributed by atoms with Crippen molar-refractivity contribution in [1.82, 2.24) is 10.2 Å². The smallest absolute Gasteiger partial charge is 0.236 e. The van der Waals surface area contributed by atoms with Gasteiger partial charge < -0.3 is 15.0 Å². The zero-order valence-corrected chi connectivity index (χ0v) is 13.0. The maximum Gasteiger partial charge on any atom is 0.236 e. The van der Waals surface area contributed by atoms with Gasteiger partial charge in [0.2, 0.25) is 5.91 Å². The molecule has 4 nitrogen and oxygen atoms in total.